The number of methoxy groups -OCH3 is 1. The summed E-state index contributed by atoms with van der Waals surface area (Å²) < 4.78 is 17.2. The van der Waals surface area contributed by atoms with Crippen LogP contribution in [0, 0.1) is 11.8 Å². The molecule has 1 aliphatic carbocycles. The highest BCUT2D eigenvalue weighted by molar-refractivity contribution is 5.90. The number of hydrogen-bond donors (Lipinski definition) is 1. The Morgan fingerprint density at radius 3 is 2.90 bits per heavy atom. The molecule has 2 saturated heterocycles. The van der Waals surface area contributed by atoms with Crippen LogP contribution in [0.15, 0.2) is 42.1 Å². The number of H-pyrrole nitrogens is 1. The molecule has 1 N–H and O–H groups in total. The predicted octanol–water partition coefficient (Wildman–Crippen LogP) is 2.89. The second-order valence-electron chi connectivity index (χ2n) is 8.48. The van der Waals surface area contributed by atoms with Crippen molar-refractivity contribution in [3.63, 3.8) is 0 Å². The normalized spacial score (nSPS) is 28.6. The van der Waals surface area contributed by atoms with Crippen molar-refractivity contribution in [3.8, 4) is 0 Å². The van der Waals surface area contributed by atoms with Gasteiger partial charge in [0.25, 0.3) is 0 Å². The summed E-state index contributed by atoms with van der Waals surface area (Å²) in [6, 6.07) is 8.35. The van der Waals surface area contributed by atoms with Crippen molar-refractivity contribution in [2.24, 2.45) is 11.8 Å². The Balaban J connectivity index is 1.42. The van der Waals surface area contributed by atoms with Crippen molar-refractivity contribution in [2.45, 2.75) is 31.6 Å². The minimum absolute atomic E-state index is 0.0410. The van der Waals surface area contributed by atoms with Crippen molar-refractivity contribution in [1.29, 1.82) is 0 Å². The van der Waals surface area contributed by atoms with E-state index in [2.05, 4.69) is 40.4 Å². The maximum absolute atomic E-state index is 12.6. The van der Waals surface area contributed by atoms with Crippen LogP contribution in [0.5, 0.6) is 0 Å². The summed E-state index contributed by atoms with van der Waals surface area (Å²) in [5.74, 6) is -0.448. The van der Waals surface area contributed by atoms with Gasteiger partial charge in [-0.05, 0) is 37.3 Å². The molecule has 0 saturated carbocycles. The lowest BCUT2D eigenvalue weighted by atomic mass is 9.70. The molecule has 0 spiro atoms. The Morgan fingerprint density at radius 2 is 2.10 bits per heavy atom. The Hall–Kier alpha value is -2.15. The zero-order valence-corrected chi connectivity index (χ0v) is 17.0. The fourth-order valence-electron chi connectivity index (χ4n) is 5.47. The standard InChI is InChI=1S/C23H28N2O4/c1-23(28-9-10-29-23)19-12-15-11-18(22(26)27-2)21(19)25(14-15)8-7-16-13-24-20-6-4-3-5-17(16)20/h3-6,11,13,15,19,21,24H,7-10,12,14H2,1-2H3/t15-,19-,21+/m0/s1. The summed E-state index contributed by atoms with van der Waals surface area (Å²) in [4.78, 5) is 18.4. The Bertz CT molecular complexity index is 943. The van der Waals surface area contributed by atoms with Crippen LogP contribution in [0.3, 0.4) is 0 Å². The van der Waals surface area contributed by atoms with Gasteiger partial charge >= 0.3 is 5.97 Å². The second kappa shape index (κ2) is 7.27. The van der Waals surface area contributed by atoms with E-state index in [1.54, 1.807) is 0 Å². The smallest absolute Gasteiger partial charge is 0.335 e. The first-order valence-electron chi connectivity index (χ1n) is 10.5. The van der Waals surface area contributed by atoms with Gasteiger partial charge in [0, 0.05) is 42.1 Å². The molecule has 2 bridgehead atoms. The number of ether oxygens (including phenoxy) is 3. The summed E-state index contributed by atoms with van der Waals surface area (Å²) in [5, 5.41) is 1.27. The van der Waals surface area contributed by atoms with Crippen molar-refractivity contribution < 1.29 is 19.0 Å². The SMILES string of the molecule is COC(=O)C1=C[C@H]2C[C@H](C3(C)OCCO3)[C@@H]1N(CCc1c[nH]c3ccccc13)C2. The first kappa shape index (κ1) is 18.9. The predicted molar refractivity (Wildman–Crippen MR) is 109 cm³/mol. The maximum atomic E-state index is 12.6. The van der Waals surface area contributed by atoms with E-state index in [-0.39, 0.29) is 17.9 Å². The third kappa shape index (κ3) is 3.19. The maximum Gasteiger partial charge on any atom is 0.335 e. The average molecular weight is 396 g/mol. The van der Waals surface area contributed by atoms with Crippen LogP contribution in [0.2, 0.25) is 0 Å². The summed E-state index contributed by atoms with van der Waals surface area (Å²) in [6.45, 7) is 5.08. The van der Waals surface area contributed by atoms with Crippen LogP contribution in [0.4, 0.5) is 0 Å². The van der Waals surface area contributed by atoms with Crippen LogP contribution in [-0.4, -0.2) is 61.1 Å². The number of piperidine rings is 1. The minimum atomic E-state index is -0.643. The van der Waals surface area contributed by atoms with Gasteiger partial charge < -0.3 is 19.2 Å². The molecule has 2 fully saturated rings. The molecule has 1 aromatic heterocycles. The van der Waals surface area contributed by atoms with E-state index in [4.69, 9.17) is 14.2 Å². The zero-order valence-electron chi connectivity index (χ0n) is 17.0. The van der Waals surface area contributed by atoms with E-state index in [0.717, 1.165) is 37.0 Å². The summed E-state index contributed by atoms with van der Waals surface area (Å²) in [5.41, 5.74) is 3.23. The molecule has 3 aliphatic heterocycles. The monoisotopic (exact) mass is 396 g/mol. The van der Waals surface area contributed by atoms with Crippen LogP contribution in [0.25, 0.3) is 10.9 Å². The number of aromatic nitrogens is 1. The van der Waals surface area contributed by atoms with Crippen molar-refractivity contribution in [3.05, 3.63) is 47.7 Å². The third-order valence-electron chi connectivity index (χ3n) is 6.83. The number of nitrogens with one attached hydrogen (secondary N) is 1. The van der Waals surface area contributed by atoms with E-state index in [1.807, 2.05) is 13.0 Å². The number of para-hydroxylation sites is 1. The fourth-order valence-corrected chi connectivity index (χ4v) is 5.47. The van der Waals surface area contributed by atoms with Gasteiger partial charge in [-0.1, -0.05) is 24.3 Å². The molecule has 2 aromatic rings. The Morgan fingerprint density at radius 1 is 1.31 bits per heavy atom. The molecule has 0 unspecified atom stereocenters. The quantitative estimate of drug-likeness (QED) is 0.788. The zero-order chi connectivity index (χ0) is 20.0. The lowest BCUT2D eigenvalue weighted by Crippen LogP contribution is -2.60. The highest BCUT2D eigenvalue weighted by Gasteiger charge is 2.53. The van der Waals surface area contributed by atoms with Gasteiger partial charge in [-0.3, -0.25) is 4.90 Å². The van der Waals surface area contributed by atoms with Crippen LogP contribution >= 0.6 is 0 Å². The molecule has 3 atom stereocenters. The topological polar surface area (TPSA) is 63.8 Å². The first-order chi connectivity index (χ1) is 14.1. The summed E-state index contributed by atoms with van der Waals surface area (Å²) in [6.07, 6.45) is 6.12. The van der Waals surface area contributed by atoms with Crippen molar-refractivity contribution in [1.82, 2.24) is 9.88 Å². The Kier molecular flexibility index (Phi) is 4.73. The van der Waals surface area contributed by atoms with E-state index in [0.29, 0.717) is 19.1 Å². The van der Waals surface area contributed by atoms with Gasteiger partial charge in [0.05, 0.1) is 25.9 Å². The van der Waals surface area contributed by atoms with Gasteiger partial charge in [0.2, 0.25) is 0 Å². The number of carbonyl (C=O) groups excluding carboxylic acids is 1. The molecule has 6 rings (SSSR count). The van der Waals surface area contributed by atoms with Crippen LogP contribution in [0.1, 0.15) is 18.9 Å². The molecular weight excluding hydrogens is 368 g/mol. The molecule has 0 amide bonds. The Labute approximate surface area is 170 Å². The second-order valence-corrected chi connectivity index (χ2v) is 8.48. The van der Waals surface area contributed by atoms with Gasteiger partial charge in [0.1, 0.15) is 0 Å². The van der Waals surface area contributed by atoms with Gasteiger partial charge in [0.15, 0.2) is 5.79 Å². The fraction of sp³-hybridized carbons (Fsp3) is 0.522. The number of fused-ring (bicyclic) bond motifs is 3. The van der Waals surface area contributed by atoms with E-state index in [1.165, 1.54) is 18.1 Å². The van der Waals surface area contributed by atoms with E-state index >= 15 is 0 Å². The third-order valence-corrected chi connectivity index (χ3v) is 6.83. The number of carbonyl (C=O) groups is 1. The highest BCUT2D eigenvalue weighted by Crippen LogP contribution is 2.46. The molecule has 0 radical (unpaired) electrons. The highest BCUT2D eigenvalue weighted by atomic mass is 16.7. The van der Waals surface area contributed by atoms with E-state index in [9.17, 15) is 4.79 Å². The first-order valence-corrected chi connectivity index (χ1v) is 10.5. The number of benzene rings is 1. The molecule has 4 heterocycles. The molecule has 6 heteroatoms. The van der Waals surface area contributed by atoms with Gasteiger partial charge in [-0.25, -0.2) is 4.79 Å². The molecule has 6 nitrogen and oxygen atoms in total. The van der Waals surface area contributed by atoms with Gasteiger partial charge in [-0.15, -0.1) is 0 Å². The van der Waals surface area contributed by atoms with Crippen LogP contribution in [-0.2, 0) is 25.4 Å². The molecule has 1 aromatic carbocycles. The summed E-state index contributed by atoms with van der Waals surface area (Å²) >= 11 is 0. The largest absolute Gasteiger partial charge is 0.466 e. The van der Waals surface area contributed by atoms with Gasteiger partial charge in [-0.2, -0.15) is 0 Å². The van der Waals surface area contributed by atoms with E-state index < -0.39 is 5.79 Å². The average Bonchev–Trinajstić information content (AvgIpc) is 3.38. The lowest BCUT2D eigenvalue weighted by Gasteiger charge is -2.52. The molecule has 4 aliphatic rings. The molecule has 154 valence electrons. The number of rotatable bonds is 5. The van der Waals surface area contributed by atoms with Crippen molar-refractivity contribution in [2.75, 3.05) is 33.4 Å². The number of nitrogens with zero attached hydrogens (tertiary/aromatic N) is 1. The lowest BCUT2D eigenvalue weighted by molar-refractivity contribution is -0.207. The summed E-state index contributed by atoms with van der Waals surface area (Å²) in [7, 11) is 1.46. The molecular formula is C23H28N2O4. The number of esters is 1. The van der Waals surface area contributed by atoms with Crippen molar-refractivity contribution >= 4 is 16.9 Å². The molecule has 29 heavy (non-hydrogen) atoms. The van der Waals surface area contributed by atoms with Crippen LogP contribution < -0.4 is 0 Å². The minimum Gasteiger partial charge on any atom is -0.466 e. The number of hydrogen-bond acceptors (Lipinski definition) is 5. The number of aromatic amines is 1.